The molecule has 2 saturated carbocycles. The summed E-state index contributed by atoms with van der Waals surface area (Å²) in [4.78, 5) is 14.2. The van der Waals surface area contributed by atoms with Crippen LogP contribution in [0.1, 0.15) is 42.6 Å². The van der Waals surface area contributed by atoms with Gasteiger partial charge in [0.1, 0.15) is 0 Å². The van der Waals surface area contributed by atoms with Gasteiger partial charge in [0, 0.05) is 12.6 Å². The molecule has 3 rings (SSSR count). The lowest BCUT2D eigenvalue weighted by atomic mass is 9.91. The molecular formula is C11H16N4O. The number of aromatic amines is 1. The number of carbonyl (C=O) groups is 1. The van der Waals surface area contributed by atoms with E-state index in [0.29, 0.717) is 11.7 Å². The third-order valence-electron chi connectivity index (χ3n) is 3.56. The molecule has 0 atom stereocenters. The number of nitrogens with one attached hydrogen (secondary N) is 1. The highest BCUT2D eigenvalue weighted by atomic mass is 16.2. The molecular weight excluding hydrogens is 204 g/mol. The van der Waals surface area contributed by atoms with Gasteiger partial charge in [0.2, 0.25) is 0 Å². The van der Waals surface area contributed by atoms with Gasteiger partial charge in [0.15, 0.2) is 5.69 Å². The lowest BCUT2D eigenvalue weighted by Crippen LogP contribution is -2.45. The van der Waals surface area contributed by atoms with E-state index in [0.717, 1.165) is 25.3 Å². The van der Waals surface area contributed by atoms with Gasteiger partial charge in [-0.25, -0.2) is 0 Å². The fourth-order valence-corrected chi connectivity index (χ4v) is 2.13. The zero-order chi connectivity index (χ0) is 11.0. The van der Waals surface area contributed by atoms with Crippen LogP contribution in [0.5, 0.6) is 0 Å². The fraction of sp³-hybridized carbons (Fsp3) is 0.727. The number of carbonyl (C=O) groups excluding carboxylic acids is 1. The number of H-pyrrole nitrogens is 1. The van der Waals surface area contributed by atoms with Crippen molar-refractivity contribution < 1.29 is 4.79 Å². The number of rotatable bonds is 4. The first-order valence-corrected chi connectivity index (χ1v) is 6.01. The van der Waals surface area contributed by atoms with Gasteiger partial charge in [0.05, 0.1) is 6.20 Å². The third kappa shape index (κ3) is 1.81. The van der Waals surface area contributed by atoms with Crippen molar-refractivity contribution in [3.05, 3.63) is 11.9 Å². The van der Waals surface area contributed by atoms with Crippen molar-refractivity contribution in [1.29, 1.82) is 0 Å². The molecule has 5 nitrogen and oxygen atoms in total. The third-order valence-corrected chi connectivity index (χ3v) is 3.56. The number of amides is 1. The molecule has 1 amide bonds. The Kier molecular flexibility index (Phi) is 2.38. The van der Waals surface area contributed by atoms with Gasteiger partial charge in [0.25, 0.3) is 5.91 Å². The Bertz CT molecular complexity index is 367. The normalized spacial score (nSPS) is 20.5. The molecule has 2 aliphatic rings. The molecule has 0 saturated heterocycles. The van der Waals surface area contributed by atoms with Crippen LogP contribution in [-0.2, 0) is 0 Å². The highest BCUT2D eigenvalue weighted by Crippen LogP contribution is 2.34. The summed E-state index contributed by atoms with van der Waals surface area (Å²) in [6, 6.07) is 0.449. The van der Waals surface area contributed by atoms with Gasteiger partial charge < -0.3 is 4.90 Å². The van der Waals surface area contributed by atoms with Crippen LogP contribution >= 0.6 is 0 Å². The monoisotopic (exact) mass is 220 g/mol. The van der Waals surface area contributed by atoms with Crippen LogP contribution in [0, 0.1) is 5.92 Å². The average Bonchev–Trinajstić information content (AvgIpc) is 2.86. The standard InChI is InChI=1S/C11H16N4O/c16-11(10-6-12-14-13-10)15(7-8-4-5-8)9-2-1-3-9/h6,8-9H,1-5,7H2,(H,12,13,14). The van der Waals surface area contributed by atoms with Gasteiger partial charge in [-0.2, -0.15) is 15.4 Å². The summed E-state index contributed by atoms with van der Waals surface area (Å²) >= 11 is 0. The second-order valence-corrected chi connectivity index (χ2v) is 4.84. The first-order valence-electron chi connectivity index (χ1n) is 6.01. The Morgan fingerprint density at radius 3 is 2.75 bits per heavy atom. The van der Waals surface area contributed by atoms with E-state index in [2.05, 4.69) is 15.4 Å². The highest BCUT2D eigenvalue weighted by molar-refractivity contribution is 5.92. The SMILES string of the molecule is O=C(c1cn[nH]n1)N(CC1CC1)C1CCC1. The molecule has 1 aromatic heterocycles. The van der Waals surface area contributed by atoms with Gasteiger partial charge in [-0.3, -0.25) is 4.79 Å². The van der Waals surface area contributed by atoms with Crippen LogP contribution in [-0.4, -0.2) is 38.8 Å². The van der Waals surface area contributed by atoms with Gasteiger partial charge in [-0.1, -0.05) is 0 Å². The minimum Gasteiger partial charge on any atom is -0.334 e. The predicted molar refractivity (Wildman–Crippen MR) is 57.8 cm³/mol. The maximum Gasteiger partial charge on any atom is 0.276 e. The van der Waals surface area contributed by atoms with Crippen molar-refractivity contribution >= 4 is 5.91 Å². The minimum atomic E-state index is 0.0466. The second kappa shape index (κ2) is 3.88. The summed E-state index contributed by atoms with van der Waals surface area (Å²) in [7, 11) is 0. The molecule has 0 unspecified atom stereocenters. The Morgan fingerprint density at radius 2 is 2.25 bits per heavy atom. The average molecular weight is 220 g/mol. The van der Waals surface area contributed by atoms with Crippen molar-refractivity contribution in [3.63, 3.8) is 0 Å². The lowest BCUT2D eigenvalue weighted by molar-refractivity contribution is 0.0560. The number of aromatic nitrogens is 3. The van der Waals surface area contributed by atoms with E-state index in [-0.39, 0.29) is 5.91 Å². The van der Waals surface area contributed by atoms with Crippen LogP contribution in [0.4, 0.5) is 0 Å². The Morgan fingerprint density at radius 1 is 1.44 bits per heavy atom. The highest BCUT2D eigenvalue weighted by Gasteiger charge is 2.34. The number of hydrogen-bond donors (Lipinski definition) is 1. The number of hydrogen-bond acceptors (Lipinski definition) is 3. The van der Waals surface area contributed by atoms with Gasteiger partial charge in [-0.15, -0.1) is 0 Å². The quantitative estimate of drug-likeness (QED) is 0.829. The van der Waals surface area contributed by atoms with Gasteiger partial charge >= 0.3 is 0 Å². The van der Waals surface area contributed by atoms with Crippen molar-refractivity contribution in [2.75, 3.05) is 6.54 Å². The molecule has 2 aliphatic carbocycles. The van der Waals surface area contributed by atoms with E-state index in [1.807, 2.05) is 4.90 Å². The van der Waals surface area contributed by atoms with E-state index < -0.39 is 0 Å². The van der Waals surface area contributed by atoms with Crippen LogP contribution in [0.25, 0.3) is 0 Å². The molecule has 1 N–H and O–H groups in total. The summed E-state index contributed by atoms with van der Waals surface area (Å²) in [5.41, 5.74) is 0.451. The first kappa shape index (κ1) is 9.81. The van der Waals surface area contributed by atoms with Crippen molar-refractivity contribution in [2.45, 2.75) is 38.1 Å². The van der Waals surface area contributed by atoms with Crippen LogP contribution in [0.3, 0.4) is 0 Å². The molecule has 0 radical (unpaired) electrons. The van der Waals surface area contributed by atoms with E-state index in [9.17, 15) is 4.79 Å². The van der Waals surface area contributed by atoms with Crippen molar-refractivity contribution in [3.8, 4) is 0 Å². The predicted octanol–water partition coefficient (Wildman–Crippen LogP) is 1.21. The summed E-state index contributed by atoms with van der Waals surface area (Å²) in [5.74, 6) is 0.779. The molecule has 1 heterocycles. The largest absolute Gasteiger partial charge is 0.334 e. The number of nitrogens with zero attached hydrogens (tertiary/aromatic N) is 3. The van der Waals surface area contributed by atoms with Crippen LogP contribution in [0.2, 0.25) is 0 Å². The smallest absolute Gasteiger partial charge is 0.276 e. The zero-order valence-corrected chi connectivity index (χ0v) is 9.22. The maximum absolute atomic E-state index is 12.2. The van der Waals surface area contributed by atoms with Crippen molar-refractivity contribution in [1.82, 2.24) is 20.3 Å². The molecule has 0 aromatic carbocycles. The Labute approximate surface area is 94.2 Å². The summed E-state index contributed by atoms with van der Waals surface area (Å²) in [6.07, 6.45) is 7.61. The van der Waals surface area contributed by atoms with Crippen LogP contribution in [0.15, 0.2) is 6.20 Å². The van der Waals surface area contributed by atoms with E-state index in [1.54, 1.807) is 0 Å². The van der Waals surface area contributed by atoms with Gasteiger partial charge in [-0.05, 0) is 38.0 Å². The molecule has 0 spiro atoms. The molecule has 0 aliphatic heterocycles. The van der Waals surface area contributed by atoms with E-state index >= 15 is 0 Å². The zero-order valence-electron chi connectivity index (χ0n) is 9.22. The fourth-order valence-electron chi connectivity index (χ4n) is 2.13. The Balaban J connectivity index is 1.72. The van der Waals surface area contributed by atoms with E-state index in [1.165, 1.54) is 25.5 Å². The molecule has 1 aromatic rings. The summed E-state index contributed by atoms with van der Waals surface area (Å²) in [6.45, 7) is 0.913. The molecule has 2 fully saturated rings. The van der Waals surface area contributed by atoms with Crippen LogP contribution < -0.4 is 0 Å². The molecule has 0 bridgehead atoms. The Hall–Kier alpha value is -1.39. The lowest BCUT2D eigenvalue weighted by Gasteiger charge is -2.37. The summed E-state index contributed by atoms with van der Waals surface area (Å²) < 4.78 is 0. The second-order valence-electron chi connectivity index (χ2n) is 4.84. The topological polar surface area (TPSA) is 61.9 Å². The first-order chi connectivity index (χ1) is 7.84. The van der Waals surface area contributed by atoms with Crippen molar-refractivity contribution in [2.24, 2.45) is 5.92 Å². The maximum atomic E-state index is 12.2. The molecule has 16 heavy (non-hydrogen) atoms. The minimum absolute atomic E-state index is 0.0466. The van der Waals surface area contributed by atoms with E-state index in [4.69, 9.17) is 0 Å². The molecule has 86 valence electrons. The summed E-state index contributed by atoms with van der Waals surface area (Å²) in [5, 5.41) is 10.1. The molecule has 5 heteroatoms.